The summed E-state index contributed by atoms with van der Waals surface area (Å²) in [4.78, 5) is 15.3. The van der Waals surface area contributed by atoms with Gasteiger partial charge in [0.2, 0.25) is 5.91 Å². The molecule has 1 saturated heterocycles. The van der Waals surface area contributed by atoms with Crippen molar-refractivity contribution in [2.45, 2.75) is 12.5 Å². The highest BCUT2D eigenvalue weighted by Gasteiger charge is 2.33. The summed E-state index contributed by atoms with van der Waals surface area (Å²) in [6.07, 6.45) is 2.24. The van der Waals surface area contributed by atoms with Gasteiger partial charge in [-0.15, -0.1) is 6.58 Å². The van der Waals surface area contributed by atoms with E-state index in [1.807, 2.05) is 0 Å². The van der Waals surface area contributed by atoms with Crippen molar-refractivity contribution in [2.75, 3.05) is 7.11 Å². The molecule has 0 aromatic rings. The number of β-lactam (4-membered cyclic amide) rings is 1. The molecule has 0 radical (unpaired) electrons. The monoisotopic (exact) mass is 127 g/mol. The van der Waals surface area contributed by atoms with Crippen LogP contribution in [0.3, 0.4) is 0 Å². The Hall–Kier alpha value is -0.830. The molecule has 0 aromatic heterocycles. The van der Waals surface area contributed by atoms with Crippen LogP contribution >= 0.6 is 0 Å². The van der Waals surface area contributed by atoms with E-state index in [4.69, 9.17) is 4.84 Å². The van der Waals surface area contributed by atoms with Gasteiger partial charge in [-0.2, -0.15) is 0 Å². The van der Waals surface area contributed by atoms with Gasteiger partial charge in [-0.3, -0.25) is 9.63 Å². The third-order valence-electron chi connectivity index (χ3n) is 1.40. The van der Waals surface area contributed by atoms with Crippen molar-refractivity contribution in [1.29, 1.82) is 0 Å². The molecule has 0 saturated carbocycles. The molecular weight excluding hydrogens is 118 g/mol. The minimum absolute atomic E-state index is 0.0300. The molecule has 1 aliphatic heterocycles. The summed E-state index contributed by atoms with van der Waals surface area (Å²) in [6.45, 7) is 3.54. The molecule has 1 amide bonds. The van der Waals surface area contributed by atoms with E-state index in [1.165, 1.54) is 12.2 Å². The highest BCUT2D eigenvalue weighted by atomic mass is 16.7. The molecule has 0 N–H and O–H groups in total. The maximum atomic E-state index is 10.6. The van der Waals surface area contributed by atoms with E-state index in [0.29, 0.717) is 6.42 Å². The zero-order chi connectivity index (χ0) is 6.85. The first-order chi connectivity index (χ1) is 4.29. The number of hydroxylamine groups is 2. The third-order valence-corrected chi connectivity index (χ3v) is 1.40. The lowest BCUT2D eigenvalue weighted by molar-refractivity contribution is -0.208. The molecule has 0 aromatic carbocycles. The van der Waals surface area contributed by atoms with E-state index in [2.05, 4.69) is 6.58 Å². The van der Waals surface area contributed by atoms with Crippen LogP contribution in [0.15, 0.2) is 12.7 Å². The van der Waals surface area contributed by atoms with Crippen molar-refractivity contribution in [3.05, 3.63) is 12.7 Å². The van der Waals surface area contributed by atoms with Crippen LogP contribution in [0, 0.1) is 0 Å². The van der Waals surface area contributed by atoms with Crippen LogP contribution in [0.5, 0.6) is 0 Å². The Morgan fingerprint density at radius 2 is 2.67 bits per heavy atom. The van der Waals surface area contributed by atoms with Gasteiger partial charge in [0, 0.05) is 0 Å². The average molecular weight is 127 g/mol. The summed E-state index contributed by atoms with van der Waals surface area (Å²) < 4.78 is 0. The minimum atomic E-state index is 0.0300. The van der Waals surface area contributed by atoms with Crippen LogP contribution in [0.2, 0.25) is 0 Å². The van der Waals surface area contributed by atoms with Crippen LogP contribution in [0.25, 0.3) is 0 Å². The molecule has 0 unspecified atom stereocenters. The van der Waals surface area contributed by atoms with Crippen molar-refractivity contribution < 1.29 is 9.63 Å². The van der Waals surface area contributed by atoms with Gasteiger partial charge in [0.1, 0.15) is 0 Å². The first kappa shape index (κ1) is 6.29. The Kier molecular flexibility index (Phi) is 1.53. The van der Waals surface area contributed by atoms with Gasteiger partial charge in [-0.1, -0.05) is 6.08 Å². The molecule has 9 heavy (non-hydrogen) atoms. The second kappa shape index (κ2) is 2.19. The van der Waals surface area contributed by atoms with E-state index >= 15 is 0 Å². The van der Waals surface area contributed by atoms with Crippen LogP contribution in [-0.2, 0) is 9.63 Å². The summed E-state index contributed by atoms with van der Waals surface area (Å²) in [6, 6.07) is 0.0995. The molecular formula is C6H9NO2. The Balaban J connectivity index is 2.46. The highest BCUT2D eigenvalue weighted by molar-refractivity contribution is 5.82. The predicted molar refractivity (Wildman–Crippen MR) is 32.5 cm³/mol. The molecule has 1 fully saturated rings. The first-order valence-corrected chi connectivity index (χ1v) is 2.78. The smallest absolute Gasteiger partial charge is 0.249 e. The van der Waals surface area contributed by atoms with Crippen LogP contribution in [0.4, 0.5) is 0 Å². The van der Waals surface area contributed by atoms with Gasteiger partial charge < -0.3 is 0 Å². The second-order valence-electron chi connectivity index (χ2n) is 1.91. The largest absolute Gasteiger partial charge is 0.274 e. The lowest BCUT2D eigenvalue weighted by atomic mass is 10.1. The van der Waals surface area contributed by atoms with E-state index in [-0.39, 0.29) is 11.9 Å². The highest BCUT2D eigenvalue weighted by Crippen LogP contribution is 2.18. The topological polar surface area (TPSA) is 29.5 Å². The molecule has 0 bridgehead atoms. The number of hydrogen-bond acceptors (Lipinski definition) is 2. The van der Waals surface area contributed by atoms with E-state index in [9.17, 15) is 4.79 Å². The van der Waals surface area contributed by atoms with Gasteiger partial charge >= 0.3 is 0 Å². The molecule has 3 heteroatoms. The third kappa shape index (κ3) is 0.833. The standard InChI is InChI=1S/C6H9NO2/c1-3-5-4-6(8)7(5)9-2/h3,5H,1,4H2,2H3/t5-/m0/s1. The van der Waals surface area contributed by atoms with Crippen molar-refractivity contribution in [1.82, 2.24) is 5.06 Å². The lowest BCUT2D eigenvalue weighted by Gasteiger charge is -2.35. The summed E-state index contributed by atoms with van der Waals surface area (Å²) in [5.74, 6) is 0.0300. The maximum absolute atomic E-state index is 10.6. The fraction of sp³-hybridized carbons (Fsp3) is 0.500. The molecule has 1 atom stereocenters. The SMILES string of the molecule is C=C[C@H]1CC(=O)N1OC. The van der Waals surface area contributed by atoms with Crippen molar-refractivity contribution in [3.8, 4) is 0 Å². The van der Waals surface area contributed by atoms with E-state index in [0.717, 1.165) is 0 Å². The lowest BCUT2D eigenvalue weighted by Crippen LogP contribution is -2.50. The zero-order valence-electron chi connectivity index (χ0n) is 5.33. The van der Waals surface area contributed by atoms with Crippen LogP contribution in [0.1, 0.15) is 6.42 Å². The number of rotatable bonds is 2. The normalized spacial score (nSPS) is 25.7. The molecule has 0 aliphatic carbocycles. The number of hydrogen-bond donors (Lipinski definition) is 0. The summed E-state index contributed by atoms with van der Waals surface area (Å²) >= 11 is 0. The van der Waals surface area contributed by atoms with Crippen LogP contribution in [-0.4, -0.2) is 24.1 Å². The van der Waals surface area contributed by atoms with E-state index in [1.54, 1.807) is 6.08 Å². The Bertz CT molecular complexity index is 144. The number of nitrogens with zero attached hydrogens (tertiary/aromatic N) is 1. The molecule has 0 spiro atoms. The number of carbonyl (C=O) groups is 1. The Morgan fingerprint density at radius 1 is 2.00 bits per heavy atom. The van der Waals surface area contributed by atoms with Crippen molar-refractivity contribution >= 4 is 5.91 Å². The fourth-order valence-electron chi connectivity index (χ4n) is 0.841. The second-order valence-corrected chi connectivity index (χ2v) is 1.91. The van der Waals surface area contributed by atoms with E-state index < -0.39 is 0 Å². The molecule has 1 rings (SSSR count). The molecule has 1 heterocycles. The van der Waals surface area contributed by atoms with Gasteiger partial charge in [-0.25, -0.2) is 5.06 Å². The van der Waals surface area contributed by atoms with Crippen LogP contribution < -0.4 is 0 Å². The summed E-state index contributed by atoms with van der Waals surface area (Å²) in [7, 11) is 1.48. The number of carbonyl (C=O) groups excluding carboxylic acids is 1. The van der Waals surface area contributed by atoms with Crippen molar-refractivity contribution in [3.63, 3.8) is 0 Å². The van der Waals surface area contributed by atoms with Gasteiger partial charge in [0.05, 0.1) is 19.6 Å². The molecule has 3 nitrogen and oxygen atoms in total. The minimum Gasteiger partial charge on any atom is -0.274 e. The maximum Gasteiger partial charge on any atom is 0.249 e. The Labute approximate surface area is 53.9 Å². The van der Waals surface area contributed by atoms with Crippen molar-refractivity contribution in [2.24, 2.45) is 0 Å². The number of amides is 1. The Morgan fingerprint density at radius 3 is 2.89 bits per heavy atom. The van der Waals surface area contributed by atoms with Gasteiger partial charge in [-0.05, 0) is 0 Å². The predicted octanol–water partition coefficient (Wildman–Crippen LogP) is 0.335. The summed E-state index contributed by atoms with van der Waals surface area (Å²) in [5.41, 5.74) is 0. The summed E-state index contributed by atoms with van der Waals surface area (Å²) in [5, 5.41) is 1.31. The average Bonchev–Trinajstić information content (AvgIpc) is 1.83. The molecule has 1 aliphatic rings. The fourth-order valence-corrected chi connectivity index (χ4v) is 0.841. The quantitative estimate of drug-likeness (QED) is 0.395. The molecule has 50 valence electrons. The first-order valence-electron chi connectivity index (χ1n) is 2.78. The van der Waals surface area contributed by atoms with Gasteiger partial charge in [0.25, 0.3) is 0 Å². The van der Waals surface area contributed by atoms with Gasteiger partial charge in [0.15, 0.2) is 0 Å². The zero-order valence-corrected chi connectivity index (χ0v) is 5.33.